The number of halogens is 4. The van der Waals surface area contributed by atoms with Crippen molar-refractivity contribution in [3.05, 3.63) is 530 Å². The molecule has 4 radical (unpaired) electrons. The van der Waals surface area contributed by atoms with E-state index >= 15 is 0 Å². The molecule has 16 heteroatoms. The second-order valence-electron chi connectivity index (χ2n) is 31.9. The van der Waals surface area contributed by atoms with Crippen molar-refractivity contribution in [2.75, 3.05) is 0 Å². The fourth-order valence-corrected chi connectivity index (χ4v) is 14.0. The third-order valence-corrected chi connectivity index (χ3v) is 21.4. The van der Waals surface area contributed by atoms with E-state index in [1.807, 2.05) is 286 Å². The molecule has 702 valence electrons. The van der Waals surface area contributed by atoms with Gasteiger partial charge in [0.15, 0.2) is 0 Å². The van der Waals surface area contributed by atoms with Gasteiger partial charge in [0.05, 0.1) is 0 Å². The minimum atomic E-state index is -0.229. The first-order valence-electron chi connectivity index (χ1n) is 44.3. The predicted molar refractivity (Wildman–Crippen MR) is 542 cm³/mol. The Labute approximate surface area is 869 Å². The Bertz CT molecular complexity index is 6470. The van der Waals surface area contributed by atoms with E-state index in [9.17, 15) is 17.6 Å². The summed E-state index contributed by atoms with van der Waals surface area (Å²) in [5.74, 6) is 0.144. The van der Waals surface area contributed by atoms with Gasteiger partial charge in [-0.1, -0.05) is 166 Å². The SMILES string of the molecule is Cc1cc(-c2[c-]cccc2)ncc1C(C)C.Cc1cccc(-c2[c-]cccc2)n1.Cc1cnc(-c2[c-]cccc2)cc1C.Cc1cnc(-c2[c-]cccc2)cc1C(C)C.Fc1ccc(-c2ccc(-c3[c-]cccc3)nc2)cc1.Fc1ccc(-c2ccc(-c3[c-]cccc3)nc2)cc1.Fc1ccc(-c2ccc(-c3[c-]cccc3)nc2)cc1.Fc1ccc(-c2ccc(-c3[c-]cccc3)nc2)cc1.[Ir].[Ir].[Ir].[Ir]. The maximum Gasteiger partial charge on any atom is 0.123 e. The van der Waals surface area contributed by atoms with Crippen molar-refractivity contribution in [3.8, 4) is 135 Å². The molecule has 0 fully saturated rings. The van der Waals surface area contributed by atoms with Crippen LogP contribution in [-0.2, 0) is 80.4 Å². The van der Waals surface area contributed by atoms with E-state index in [1.54, 1.807) is 73.3 Å². The van der Waals surface area contributed by atoms with Gasteiger partial charge in [-0.2, -0.15) is 0 Å². The van der Waals surface area contributed by atoms with Gasteiger partial charge >= 0.3 is 0 Å². The van der Waals surface area contributed by atoms with E-state index in [-0.39, 0.29) is 104 Å². The second-order valence-corrected chi connectivity index (χ2v) is 31.9. The molecule has 8 nitrogen and oxygen atoms in total. The summed E-state index contributed by atoms with van der Waals surface area (Å²) in [6.07, 6.45) is 13.0. The molecule has 0 aliphatic carbocycles. The zero-order valence-corrected chi connectivity index (χ0v) is 87.5. The summed E-state index contributed by atoms with van der Waals surface area (Å²) in [7, 11) is 0. The molecule has 0 amide bonds. The number of aryl methyl sites for hydroxylation is 5. The Morgan fingerprint density at radius 1 is 0.194 bits per heavy atom. The van der Waals surface area contributed by atoms with Gasteiger partial charge in [-0.25, -0.2) is 17.6 Å². The topological polar surface area (TPSA) is 103 Å². The van der Waals surface area contributed by atoms with Crippen LogP contribution in [-0.4, -0.2) is 39.9 Å². The fraction of sp³-hybridized carbons (Fsp3) is 0.0894. The van der Waals surface area contributed by atoms with Crippen LogP contribution >= 0.6 is 0 Å². The molecule has 0 unspecified atom stereocenters. The van der Waals surface area contributed by atoms with Gasteiger partial charge < -0.3 is 39.9 Å². The molecule has 0 spiro atoms. The van der Waals surface area contributed by atoms with Crippen LogP contribution < -0.4 is 0 Å². The van der Waals surface area contributed by atoms with E-state index < -0.39 is 0 Å². The summed E-state index contributed by atoms with van der Waals surface area (Å²) in [4.78, 5) is 35.4. The maximum absolute atomic E-state index is 12.9. The summed E-state index contributed by atoms with van der Waals surface area (Å²) >= 11 is 0. The first kappa shape index (κ1) is 109. The molecule has 20 rings (SSSR count). The number of rotatable bonds is 14. The van der Waals surface area contributed by atoms with Crippen molar-refractivity contribution in [2.45, 2.75) is 74.1 Å². The van der Waals surface area contributed by atoms with Gasteiger partial charge in [0.25, 0.3) is 0 Å². The van der Waals surface area contributed by atoms with E-state index in [1.165, 1.54) is 81.9 Å². The molecule has 0 aliphatic rings. The normalized spacial score (nSPS) is 10.1. The summed E-state index contributed by atoms with van der Waals surface area (Å²) in [6, 6.07) is 142. The molecule has 20 aromatic rings. The Kier molecular flexibility index (Phi) is 44.4. The molecule has 12 aromatic carbocycles. The summed E-state index contributed by atoms with van der Waals surface area (Å²) in [5.41, 5.74) is 32.1. The van der Waals surface area contributed by atoms with E-state index in [4.69, 9.17) is 0 Å². The molecule has 0 aliphatic heterocycles. The Balaban J connectivity index is 0.000000178. The van der Waals surface area contributed by atoms with Crippen molar-refractivity contribution in [1.82, 2.24) is 39.9 Å². The summed E-state index contributed by atoms with van der Waals surface area (Å²) in [6.45, 7) is 19.2. The van der Waals surface area contributed by atoms with Gasteiger partial charge in [-0.3, -0.25) is 0 Å². The molecular formula is C123H98F4Ir4N8-8. The Morgan fingerprint density at radius 3 is 0.669 bits per heavy atom. The number of pyridine rings is 8. The zero-order chi connectivity index (χ0) is 94.5. The van der Waals surface area contributed by atoms with Gasteiger partial charge in [-0.15, -0.1) is 287 Å². The average Bonchev–Trinajstić information content (AvgIpc) is 0.846. The Morgan fingerprint density at radius 2 is 0.432 bits per heavy atom. The molecule has 0 bridgehead atoms. The van der Waals surface area contributed by atoms with Gasteiger partial charge in [0.2, 0.25) is 0 Å². The molecule has 0 N–H and O–H groups in total. The van der Waals surface area contributed by atoms with Crippen LogP contribution in [0.1, 0.15) is 78.6 Å². The first-order valence-corrected chi connectivity index (χ1v) is 44.3. The van der Waals surface area contributed by atoms with Crippen molar-refractivity contribution in [1.29, 1.82) is 0 Å². The molecule has 8 heterocycles. The van der Waals surface area contributed by atoms with Crippen molar-refractivity contribution < 1.29 is 98.0 Å². The van der Waals surface area contributed by atoms with Crippen LogP contribution in [0.3, 0.4) is 0 Å². The van der Waals surface area contributed by atoms with Crippen LogP contribution in [0.4, 0.5) is 17.6 Å². The molecule has 139 heavy (non-hydrogen) atoms. The largest absolute Gasteiger partial charge is 0.304 e. The van der Waals surface area contributed by atoms with E-state index in [0.717, 1.165) is 140 Å². The van der Waals surface area contributed by atoms with Crippen LogP contribution in [0.15, 0.2) is 419 Å². The maximum atomic E-state index is 12.9. The van der Waals surface area contributed by atoms with Crippen molar-refractivity contribution in [3.63, 3.8) is 0 Å². The second kappa shape index (κ2) is 56.8. The molecule has 0 atom stereocenters. The first-order chi connectivity index (χ1) is 65.8. The number of benzene rings is 12. The zero-order valence-electron chi connectivity index (χ0n) is 77.9. The minimum Gasteiger partial charge on any atom is -0.304 e. The van der Waals surface area contributed by atoms with Crippen LogP contribution in [0.2, 0.25) is 0 Å². The quantitative estimate of drug-likeness (QED) is 0.0784. The van der Waals surface area contributed by atoms with Crippen LogP contribution in [0, 0.1) is 106 Å². The monoisotopic (exact) mass is 2530 g/mol. The number of hydrogen-bond acceptors (Lipinski definition) is 8. The Hall–Kier alpha value is -13.8. The standard InChI is InChI=1S/4C17H11FN.2C15H16N.C13H12N.C12H10N.4Ir/c4*18-16-9-6-13(7-10-16)15-8-11-17(19-12-15)14-4-2-1-3-5-14;1-11(2)14-9-15(16-10-12(14)3)13-7-5-4-6-8-13;1-11(2)14-10-16-15(9-12(14)3)13-7-5-4-6-8-13;1-10-8-13(14-9-11(10)2)12-6-4-3-5-7-12;1-10-6-5-9-12(13-10)11-7-3-2-4-8-11;;;;/h4*1-4,6-12H;2*4-7,9-11H,1-3H3;3-6,8-9H,1-2H3;2-7,9H,1H3;;;;/q8*-1;;;;. The smallest absolute Gasteiger partial charge is 0.123 e. The number of nitrogens with zero attached hydrogens (tertiary/aromatic N) is 8. The van der Waals surface area contributed by atoms with Crippen LogP contribution in [0.5, 0.6) is 0 Å². The van der Waals surface area contributed by atoms with Gasteiger partial charge in [0.1, 0.15) is 23.3 Å². The number of hydrogen-bond donors (Lipinski definition) is 0. The molecular weight excluding hydrogens is 2430 g/mol. The van der Waals surface area contributed by atoms with E-state index in [0.29, 0.717) is 11.8 Å². The summed E-state index contributed by atoms with van der Waals surface area (Å²) in [5, 5.41) is 0. The average molecular weight is 2530 g/mol. The van der Waals surface area contributed by atoms with Gasteiger partial charge in [-0.05, 0) is 213 Å². The van der Waals surface area contributed by atoms with Crippen LogP contribution in [0.25, 0.3) is 135 Å². The van der Waals surface area contributed by atoms with Crippen molar-refractivity contribution in [2.24, 2.45) is 0 Å². The third-order valence-electron chi connectivity index (χ3n) is 21.4. The van der Waals surface area contributed by atoms with Gasteiger partial charge in [0, 0.05) is 129 Å². The molecule has 0 saturated carbocycles. The van der Waals surface area contributed by atoms with E-state index in [2.05, 4.69) is 162 Å². The molecule has 8 aromatic heterocycles. The number of aromatic nitrogens is 8. The fourth-order valence-electron chi connectivity index (χ4n) is 14.0. The van der Waals surface area contributed by atoms with Crippen molar-refractivity contribution >= 4 is 0 Å². The predicted octanol–water partition coefficient (Wildman–Crippen LogP) is 31.4. The third kappa shape index (κ3) is 33.5. The summed E-state index contributed by atoms with van der Waals surface area (Å²) < 4.78 is 51.5. The minimum absolute atomic E-state index is 0. The molecule has 0 saturated heterocycles.